The van der Waals surface area contributed by atoms with Crippen molar-refractivity contribution in [1.29, 1.82) is 5.26 Å². The van der Waals surface area contributed by atoms with E-state index in [2.05, 4.69) is 9.88 Å². The van der Waals surface area contributed by atoms with Crippen LogP contribution in [-0.2, 0) is 17.9 Å². The molecule has 4 rings (SSSR count). The molecule has 2 aromatic carbocycles. The minimum absolute atomic E-state index is 0.0761. The zero-order chi connectivity index (χ0) is 20.9. The highest BCUT2D eigenvalue weighted by molar-refractivity contribution is 7.09. The maximum atomic E-state index is 12.5. The van der Waals surface area contributed by atoms with E-state index in [0.29, 0.717) is 18.1 Å². The standard InChI is InChI=1S/C24H18ClN3OS/c25-22-9-3-1-6-17(22)15-28-16-19(21-8-2-4-10-23(21)28)12-18(13-26)24(29)27-14-20-7-5-11-30-20/h1-12,16H,14-15H2,(H,27,29)/b18-12+. The normalized spacial score (nSPS) is 11.4. The molecule has 0 fully saturated rings. The van der Waals surface area contributed by atoms with Crippen molar-refractivity contribution in [3.8, 4) is 6.07 Å². The molecule has 0 atom stereocenters. The number of carbonyl (C=O) groups is 1. The first-order chi connectivity index (χ1) is 14.7. The van der Waals surface area contributed by atoms with Gasteiger partial charge in [-0.2, -0.15) is 5.26 Å². The van der Waals surface area contributed by atoms with Gasteiger partial charge in [0.25, 0.3) is 5.91 Å². The van der Waals surface area contributed by atoms with Crippen molar-refractivity contribution in [3.63, 3.8) is 0 Å². The molecular formula is C24H18ClN3OS. The van der Waals surface area contributed by atoms with Crippen molar-refractivity contribution >= 4 is 45.8 Å². The number of hydrogen-bond acceptors (Lipinski definition) is 3. The van der Waals surface area contributed by atoms with Crippen molar-refractivity contribution in [2.75, 3.05) is 0 Å². The summed E-state index contributed by atoms with van der Waals surface area (Å²) in [5.41, 5.74) is 2.91. The van der Waals surface area contributed by atoms with Gasteiger partial charge in [-0.05, 0) is 35.2 Å². The van der Waals surface area contributed by atoms with Crippen LogP contribution in [0.1, 0.15) is 16.0 Å². The van der Waals surface area contributed by atoms with Crippen LogP contribution < -0.4 is 5.32 Å². The van der Waals surface area contributed by atoms with Crippen molar-refractivity contribution in [1.82, 2.24) is 9.88 Å². The molecule has 4 nitrogen and oxygen atoms in total. The van der Waals surface area contributed by atoms with Crippen molar-refractivity contribution < 1.29 is 4.79 Å². The Morgan fingerprint density at radius 1 is 1.13 bits per heavy atom. The lowest BCUT2D eigenvalue weighted by Gasteiger charge is -2.07. The minimum Gasteiger partial charge on any atom is -0.347 e. The number of aromatic nitrogens is 1. The smallest absolute Gasteiger partial charge is 0.262 e. The fraction of sp³-hybridized carbons (Fsp3) is 0.0833. The van der Waals surface area contributed by atoms with Crippen LogP contribution in [0.5, 0.6) is 0 Å². The number of nitrogens with one attached hydrogen (secondary N) is 1. The predicted molar refractivity (Wildman–Crippen MR) is 122 cm³/mol. The number of amides is 1. The Kier molecular flexibility index (Phi) is 5.99. The fourth-order valence-electron chi connectivity index (χ4n) is 3.31. The molecule has 30 heavy (non-hydrogen) atoms. The first kappa shape index (κ1) is 20.0. The molecule has 4 aromatic rings. The highest BCUT2D eigenvalue weighted by atomic mass is 35.5. The molecule has 2 heterocycles. The molecule has 0 aliphatic heterocycles. The summed E-state index contributed by atoms with van der Waals surface area (Å²) in [5, 5.41) is 16.0. The third-order valence-electron chi connectivity index (χ3n) is 4.79. The Labute approximate surface area is 183 Å². The van der Waals surface area contributed by atoms with Crippen LogP contribution in [-0.4, -0.2) is 10.5 Å². The van der Waals surface area contributed by atoms with E-state index in [1.165, 1.54) is 0 Å². The number of carbonyl (C=O) groups excluding carboxylic acids is 1. The molecule has 0 aliphatic carbocycles. The highest BCUT2D eigenvalue weighted by Crippen LogP contribution is 2.26. The van der Waals surface area contributed by atoms with Crippen molar-refractivity contribution in [2.45, 2.75) is 13.1 Å². The van der Waals surface area contributed by atoms with E-state index in [9.17, 15) is 10.1 Å². The quantitative estimate of drug-likeness (QED) is 0.318. The second-order valence-electron chi connectivity index (χ2n) is 6.75. The monoisotopic (exact) mass is 431 g/mol. The Hall–Kier alpha value is -3.33. The summed E-state index contributed by atoms with van der Waals surface area (Å²) < 4.78 is 2.08. The summed E-state index contributed by atoms with van der Waals surface area (Å²) in [5.74, 6) is -0.381. The van der Waals surface area contributed by atoms with Gasteiger partial charge in [-0.1, -0.05) is 54.1 Å². The zero-order valence-electron chi connectivity index (χ0n) is 16.0. The molecule has 0 spiro atoms. The van der Waals surface area contributed by atoms with Gasteiger partial charge in [0.15, 0.2) is 0 Å². The molecule has 1 N–H and O–H groups in total. The average Bonchev–Trinajstić information content (AvgIpc) is 3.40. The van der Waals surface area contributed by atoms with Gasteiger partial charge >= 0.3 is 0 Å². The van der Waals surface area contributed by atoms with Gasteiger partial charge in [-0.15, -0.1) is 11.3 Å². The van der Waals surface area contributed by atoms with Crippen LogP contribution in [0, 0.1) is 11.3 Å². The number of rotatable bonds is 6. The van der Waals surface area contributed by atoms with Crippen LogP contribution in [0.25, 0.3) is 17.0 Å². The van der Waals surface area contributed by atoms with E-state index >= 15 is 0 Å². The minimum atomic E-state index is -0.381. The molecule has 0 unspecified atom stereocenters. The topological polar surface area (TPSA) is 57.8 Å². The average molecular weight is 432 g/mol. The van der Waals surface area contributed by atoms with Gasteiger partial charge in [0.1, 0.15) is 11.6 Å². The first-order valence-corrected chi connectivity index (χ1v) is 10.6. The predicted octanol–water partition coefficient (Wildman–Crippen LogP) is 5.63. The number of hydrogen-bond donors (Lipinski definition) is 1. The van der Waals surface area contributed by atoms with Crippen LogP contribution >= 0.6 is 22.9 Å². The molecule has 148 valence electrons. The highest BCUT2D eigenvalue weighted by Gasteiger charge is 2.13. The summed E-state index contributed by atoms with van der Waals surface area (Å²) in [6.07, 6.45) is 3.60. The maximum absolute atomic E-state index is 12.5. The van der Waals surface area contributed by atoms with Gasteiger partial charge in [0.05, 0.1) is 6.54 Å². The third-order valence-corrected chi connectivity index (χ3v) is 6.03. The van der Waals surface area contributed by atoms with Crippen molar-refractivity contribution in [2.24, 2.45) is 0 Å². The summed E-state index contributed by atoms with van der Waals surface area (Å²) in [6, 6.07) is 21.6. The van der Waals surface area contributed by atoms with Crippen LogP contribution in [0.4, 0.5) is 0 Å². The molecular weight excluding hydrogens is 414 g/mol. The van der Waals surface area contributed by atoms with Crippen molar-refractivity contribution in [3.05, 3.63) is 98.8 Å². The van der Waals surface area contributed by atoms with E-state index in [1.54, 1.807) is 17.4 Å². The molecule has 6 heteroatoms. The van der Waals surface area contributed by atoms with Crippen LogP contribution in [0.15, 0.2) is 77.8 Å². The Balaban J connectivity index is 1.65. The summed E-state index contributed by atoms with van der Waals surface area (Å²) in [7, 11) is 0. The molecule has 0 saturated heterocycles. The Bertz CT molecular complexity index is 1270. The molecule has 0 radical (unpaired) electrons. The molecule has 1 amide bonds. The van der Waals surface area contributed by atoms with Gasteiger partial charge in [-0.25, -0.2) is 0 Å². The van der Waals surface area contributed by atoms with Gasteiger partial charge in [-0.3, -0.25) is 4.79 Å². The Morgan fingerprint density at radius 2 is 1.93 bits per heavy atom. The van der Waals surface area contributed by atoms with Crippen LogP contribution in [0.2, 0.25) is 5.02 Å². The number of para-hydroxylation sites is 1. The van der Waals surface area contributed by atoms with E-state index in [0.717, 1.165) is 26.9 Å². The lowest BCUT2D eigenvalue weighted by atomic mass is 10.1. The lowest BCUT2D eigenvalue weighted by molar-refractivity contribution is -0.117. The van der Waals surface area contributed by atoms with Gasteiger partial charge in [0, 0.05) is 39.1 Å². The van der Waals surface area contributed by atoms with Gasteiger partial charge in [0.2, 0.25) is 0 Å². The summed E-state index contributed by atoms with van der Waals surface area (Å²) >= 11 is 7.90. The SMILES string of the molecule is N#C/C(=C\c1cn(Cc2ccccc2Cl)c2ccccc12)C(=O)NCc1cccs1. The second kappa shape index (κ2) is 9.00. The molecule has 2 aromatic heterocycles. The molecule has 0 aliphatic rings. The lowest BCUT2D eigenvalue weighted by Crippen LogP contribution is -2.23. The number of nitrogens with zero attached hydrogens (tertiary/aromatic N) is 2. The maximum Gasteiger partial charge on any atom is 0.262 e. The number of nitriles is 1. The fourth-order valence-corrected chi connectivity index (χ4v) is 4.15. The second-order valence-corrected chi connectivity index (χ2v) is 8.19. The van der Waals surface area contributed by atoms with E-state index in [4.69, 9.17) is 11.6 Å². The number of thiophene rings is 1. The van der Waals surface area contributed by atoms with E-state index < -0.39 is 0 Å². The number of fused-ring (bicyclic) bond motifs is 1. The number of halogens is 1. The van der Waals surface area contributed by atoms with Crippen LogP contribution in [0.3, 0.4) is 0 Å². The summed E-state index contributed by atoms with van der Waals surface area (Å²) in [6.45, 7) is 1.00. The summed E-state index contributed by atoms with van der Waals surface area (Å²) in [4.78, 5) is 13.6. The van der Waals surface area contributed by atoms with E-state index in [1.807, 2.05) is 78.3 Å². The first-order valence-electron chi connectivity index (χ1n) is 9.39. The van der Waals surface area contributed by atoms with E-state index in [-0.39, 0.29) is 11.5 Å². The number of benzene rings is 2. The largest absolute Gasteiger partial charge is 0.347 e. The molecule has 0 saturated carbocycles. The molecule has 0 bridgehead atoms. The third kappa shape index (κ3) is 4.30. The Morgan fingerprint density at radius 3 is 2.70 bits per heavy atom. The zero-order valence-corrected chi connectivity index (χ0v) is 17.6. The van der Waals surface area contributed by atoms with Gasteiger partial charge < -0.3 is 9.88 Å².